The quantitative estimate of drug-likeness (QED) is 0.485. The Balaban J connectivity index is 1.85. The topological polar surface area (TPSA) is 33.6 Å². The van der Waals surface area contributed by atoms with Gasteiger partial charge in [0.05, 0.1) is 5.52 Å². The van der Waals surface area contributed by atoms with Crippen LogP contribution in [0.15, 0.2) is 54.9 Å². The molecule has 126 valence electrons. The largest absolute Gasteiger partial charge is 0.346 e. The van der Waals surface area contributed by atoms with Gasteiger partial charge >= 0.3 is 0 Å². The van der Waals surface area contributed by atoms with Gasteiger partial charge in [0, 0.05) is 34.9 Å². The molecule has 0 saturated heterocycles. The van der Waals surface area contributed by atoms with Crippen molar-refractivity contribution in [1.82, 2.24) is 14.5 Å². The van der Waals surface area contributed by atoms with Gasteiger partial charge in [0.15, 0.2) is 0 Å². The first-order valence-electron chi connectivity index (χ1n) is 9.35. The molecule has 4 aromatic rings. The fraction of sp³-hybridized carbons (Fsp3) is 0.318. The summed E-state index contributed by atoms with van der Waals surface area (Å²) in [6, 6.07) is 15.8. The third kappa shape index (κ3) is 2.30. The maximum atomic E-state index is 4.61. The molecule has 1 aliphatic rings. The molecule has 2 atom stereocenters. The first-order chi connectivity index (χ1) is 12.3. The summed E-state index contributed by atoms with van der Waals surface area (Å²) in [5.41, 5.74) is 4.93. The van der Waals surface area contributed by atoms with Gasteiger partial charge in [0.2, 0.25) is 0 Å². The highest BCUT2D eigenvalue weighted by molar-refractivity contribution is 6.05. The molecule has 1 fully saturated rings. The molecule has 0 radical (unpaired) electrons. The summed E-state index contributed by atoms with van der Waals surface area (Å²) in [5.74, 6) is 0.703. The normalized spacial score (nSPS) is 21.2. The van der Waals surface area contributed by atoms with Crippen LogP contribution in [0.2, 0.25) is 0 Å². The van der Waals surface area contributed by atoms with Crippen LogP contribution in [-0.4, -0.2) is 14.5 Å². The minimum atomic E-state index is 0.557. The van der Waals surface area contributed by atoms with Crippen LogP contribution in [0.3, 0.4) is 0 Å². The minimum absolute atomic E-state index is 0.557. The van der Waals surface area contributed by atoms with E-state index in [-0.39, 0.29) is 0 Å². The second kappa shape index (κ2) is 5.76. The van der Waals surface area contributed by atoms with Crippen molar-refractivity contribution in [3.63, 3.8) is 0 Å². The Kier molecular flexibility index (Phi) is 3.40. The van der Waals surface area contributed by atoms with Crippen LogP contribution in [0.5, 0.6) is 0 Å². The lowest BCUT2D eigenvalue weighted by Crippen LogP contribution is -2.21. The molecule has 1 aliphatic carbocycles. The van der Waals surface area contributed by atoms with Gasteiger partial charge in [0.25, 0.3) is 0 Å². The van der Waals surface area contributed by atoms with Crippen LogP contribution in [0, 0.1) is 5.92 Å². The Morgan fingerprint density at radius 3 is 2.76 bits per heavy atom. The Morgan fingerprint density at radius 1 is 1.08 bits per heavy atom. The number of aromatic nitrogens is 3. The average molecular weight is 329 g/mol. The number of pyridine rings is 1. The first-order valence-corrected chi connectivity index (χ1v) is 9.35. The van der Waals surface area contributed by atoms with E-state index in [0.717, 1.165) is 5.65 Å². The highest BCUT2D eigenvalue weighted by Crippen LogP contribution is 2.41. The molecule has 1 N–H and O–H groups in total. The van der Waals surface area contributed by atoms with Crippen LogP contribution < -0.4 is 0 Å². The molecule has 25 heavy (non-hydrogen) atoms. The maximum Gasteiger partial charge on any atom is 0.139 e. The van der Waals surface area contributed by atoms with Gasteiger partial charge in [-0.15, -0.1) is 0 Å². The summed E-state index contributed by atoms with van der Waals surface area (Å²) >= 11 is 0. The fourth-order valence-electron chi connectivity index (χ4n) is 4.58. The van der Waals surface area contributed by atoms with Crippen molar-refractivity contribution in [2.75, 3.05) is 0 Å². The van der Waals surface area contributed by atoms with Gasteiger partial charge in [-0.05, 0) is 36.5 Å². The molecule has 1 saturated carbocycles. The van der Waals surface area contributed by atoms with E-state index in [0.29, 0.717) is 12.0 Å². The number of hydrogen-bond donors (Lipinski definition) is 1. The van der Waals surface area contributed by atoms with Gasteiger partial charge in [-0.3, -0.25) is 0 Å². The lowest BCUT2D eigenvalue weighted by Gasteiger charge is -2.32. The van der Waals surface area contributed by atoms with E-state index < -0.39 is 0 Å². The Morgan fingerprint density at radius 2 is 1.92 bits per heavy atom. The molecule has 3 heterocycles. The van der Waals surface area contributed by atoms with E-state index in [2.05, 4.69) is 63.9 Å². The third-order valence-corrected chi connectivity index (χ3v) is 5.85. The molecule has 3 heteroatoms. The standard InChI is InChI=1S/C22H23N3/c1-15-7-5-6-10-19(15)25-20(16-8-3-2-4-9-16)13-17-14-24-22-18(21(17)25)11-12-23-22/h2-4,8-9,11-15,19H,5-7,10H2,1H3,(H,23,24). The summed E-state index contributed by atoms with van der Waals surface area (Å²) in [4.78, 5) is 7.89. The van der Waals surface area contributed by atoms with E-state index in [1.54, 1.807) is 0 Å². The van der Waals surface area contributed by atoms with E-state index in [4.69, 9.17) is 0 Å². The zero-order valence-electron chi connectivity index (χ0n) is 14.6. The van der Waals surface area contributed by atoms with Gasteiger partial charge < -0.3 is 9.55 Å². The average Bonchev–Trinajstić information content (AvgIpc) is 3.26. The lowest BCUT2D eigenvalue weighted by molar-refractivity contribution is 0.265. The summed E-state index contributed by atoms with van der Waals surface area (Å²) in [7, 11) is 0. The number of nitrogens with zero attached hydrogens (tertiary/aromatic N) is 2. The molecule has 0 spiro atoms. The van der Waals surface area contributed by atoms with Crippen LogP contribution >= 0.6 is 0 Å². The highest BCUT2D eigenvalue weighted by atomic mass is 15.0. The smallest absolute Gasteiger partial charge is 0.139 e. The van der Waals surface area contributed by atoms with Crippen molar-refractivity contribution in [2.45, 2.75) is 38.6 Å². The van der Waals surface area contributed by atoms with Crippen molar-refractivity contribution in [3.05, 3.63) is 54.9 Å². The van der Waals surface area contributed by atoms with Crippen LogP contribution in [0.25, 0.3) is 33.2 Å². The predicted octanol–water partition coefficient (Wildman–Crippen LogP) is 5.94. The van der Waals surface area contributed by atoms with Crippen LogP contribution in [-0.2, 0) is 0 Å². The van der Waals surface area contributed by atoms with Gasteiger partial charge in [0.1, 0.15) is 5.65 Å². The second-order valence-electron chi connectivity index (χ2n) is 7.40. The number of nitrogens with one attached hydrogen (secondary N) is 1. The first kappa shape index (κ1) is 14.8. The molecule has 0 bridgehead atoms. The zero-order chi connectivity index (χ0) is 16.8. The Hall–Kier alpha value is -2.55. The predicted molar refractivity (Wildman–Crippen MR) is 104 cm³/mol. The van der Waals surface area contributed by atoms with Crippen molar-refractivity contribution >= 4 is 21.9 Å². The SMILES string of the molecule is CC1CCCCC1n1c(-c2ccccc2)cc2cnc3[nH]ccc3c21. The minimum Gasteiger partial charge on any atom is -0.346 e. The molecule has 0 amide bonds. The summed E-state index contributed by atoms with van der Waals surface area (Å²) in [6.45, 7) is 2.42. The molecule has 3 nitrogen and oxygen atoms in total. The van der Waals surface area contributed by atoms with Crippen molar-refractivity contribution in [1.29, 1.82) is 0 Å². The summed E-state index contributed by atoms with van der Waals surface area (Å²) < 4.78 is 2.62. The molecule has 3 aromatic heterocycles. The van der Waals surface area contributed by atoms with Crippen molar-refractivity contribution in [3.8, 4) is 11.3 Å². The van der Waals surface area contributed by atoms with Gasteiger partial charge in [-0.2, -0.15) is 0 Å². The van der Waals surface area contributed by atoms with E-state index >= 15 is 0 Å². The third-order valence-electron chi connectivity index (χ3n) is 5.85. The molecule has 1 aromatic carbocycles. The second-order valence-corrected chi connectivity index (χ2v) is 7.40. The summed E-state index contributed by atoms with van der Waals surface area (Å²) in [5, 5.41) is 2.47. The Labute approximate surface area is 147 Å². The van der Waals surface area contributed by atoms with E-state index in [9.17, 15) is 0 Å². The number of aromatic amines is 1. The molecule has 2 unspecified atom stereocenters. The molecule has 5 rings (SSSR count). The molecular formula is C22H23N3. The maximum absolute atomic E-state index is 4.61. The number of rotatable bonds is 2. The number of hydrogen-bond acceptors (Lipinski definition) is 1. The van der Waals surface area contributed by atoms with Crippen LogP contribution in [0.4, 0.5) is 0 Å². The lowest BCUT2D eigenvalue weighted by atomic mass is 9.85. The van der Waals surface area contributed by atoms with Gasteiger partial charge in [-0.25, -0.2) is 4.98 Å². The Bertz CT molecular complexity index is 1030. The number of H-pyrrole nitrogens is 1. The van der Waals surface area contributed by atoms with Crippen LogP contribution in [0.1, 0.15) is 38.6 Å². The van der Waals surface area contributed by atoms with Gasteiger partial charge in [-0.1, -0.05) is 50.1 Å². The highest BCUT2D eigenvalue weighted by Gasteiger charge is 2.27. The van der Waals surface area contributed by atoms with E-state index in [1.165, 1.54) is 53.2 Å². The monoisotopic (exact) mass is 329 g/mol. The summed E-state index contributed by atoms with van der Waals surface area (Å²) in [6.07, 6.45) is 9.29. The van der Waals surface area contributed by atoms with Crippen molar-refractivity contribution < 1.29 is 0 Å². The number of benzene rings is 1. The molecule has 0 aliphatic heterocycles. The zero-order valence-corrected chi connectivity index (χ0v) is 14.6. The number of fused-ring (bicyclic) bond motifs is 3. The van der Waals surface area contributed by atoms with Crippen molar-refractivity contribution in [2.24, 2.45) is 5.92 Å². The van der Waals surface area contributed by atoms with E-state index in [1.807, 2.05) is 12.4 Å². The molecular weight excluding hydrogens is 306 g/mol. The fourth-order valence-corrected chi connectivity index (χ4v) is 4.58.